The number of rotatable bonds is 5. The van der Waals surface area contributed by atoms with Crippen molar-refractivity contribution >= 4 is 51.6 Å². The number of aryl methyl sites for hydroxylation is 2. The van der Waals surface area contributed by atoms with Crippen LogP contribution in [0.15, 0.2) is 52.4 Å². The van der Waals surface area contributed by atoms with Crippen LogP contribution in [0.2, 0.25) is 0 Å². The number of carbonyl (C=O) groups is 1. The van der Waals surface area contributed by atoms with Crippen LogP contribution in [0.3, 0.4) is 0 Å². The summed E-state index contributed by atoms with van der Waals surface area (Å²) in [6, 6.07) is 11.1. The molecule has 0 bridgehead atoms. The standard InChI is InChI=1S/C21H16FN3O3S3/c1-11-3-6-15(9-12(11)2)24-18-17(31-21(24)29)19(28)25(14-7-4-13(22)5-8-14)20(23-18)30-10-16(26)27/h3-9H,10H2,1-2H3,(H,26,27)/p-1. The van der Waals surface area contributed by atoms with Gasteiger partial charge in [-0.15, -0.1) is 0 Å². The summed E-state index contributed by atoms with van der Waals surface area (Å²) in [7, 11) is 0. The van der Waals surface area contributed by atoms with Crippen LogP contribution in [0.1, 0.15) is 11.1 Å². The average Bonchev–Trinajstić information content (AvgIpc) is 3.06. The van der Waals surface area contributed by atoms with Crippen molar-refractivity contribution in [2.24, 2.45) is 0 Å². The number of thiazole rings is 1. The number of hydrogen-bond acceptors (Lipinski definition) is 7. The smallest absolute Gasteiger partial charge is 0.278 e. The molecule has 4 rings (SSSR count). The normalized spacial score (nSPS) is 11.2. The molecule has 0 fully saturated rings. The predicted octanol–water partition coefficient (Wildman–Crippen LogP) is 3.57. The van der Waals surface area contributed by atoms with E-state index in [9.17, 15) is 19.1 Å². The van der Waals surface area contributed by atoms with Crippen LogP contribution in [0.25, 0.3) is 21.7 Å². The first-order valence-electron chi connectivity index (χ1n) is 9.11. The minimum absolute atomic E-state index is 0.152. The van der Waals surface area contributed by atoms with Crippen LogP contribution < -0.4 is 10.7 Å². The zero-order valence-corrected chi connectivity index (χ0v) is 18.9. The fourth-order valence-corrected chi connectivity index (χ4v) is 5.09. The highest BCUT2D eigenvalue weighted by Crippen LogP contribution is 2.28. The molecular weight excluding hydrogens is 457 g/mol. The number of aliphatic carboxylic acids is 1. The lowest BCUT2D eigenvalue weighted by Crippen LogP contribution is -2.26. The van der Waals surface area contributed by atoms with Crippen molar-refractivity contribution in [1.82, 2.24) is 14.1 Å². The van der Waals surface area contributed by atoms with E-state index in [1.165, 1.54) is 28.8 Å². The summed E-state index contributed by atoms with van der Waals surface area (Å²) in [5.74, 6) is -2.14. The van der Waals surface area contributed by atoms with E-state index in [1.54, 1.807) is 4.57 Å². The lowest BCUT2D eigenvalue weighted by atomic mass is 10.1. The molecule has 0 aliphatic carbocycles. The fraction of sp³-hybridized carbons (Fsp3) is 0.143. The number of aromatic nitrogens is 3. The highest BCUT2D eigenvalue weighted by atomic mass is 32.2. The van der Waals surface area contributed by atoms with E-state index in [4.69, 9.17) is 12.2 Å². The predicted molar refractivity (Wildman–Crippen MR) is 121 cm³/mol. The Morgan fingerprint density at radius 2 is 1.81 bits per heavy atom. The molecule has 158 valence electrons. The van der Waals surface area contributed by atoms with Gasteiger partial charge in [-0.25, -0.2) is 9.37 Å². The Hall–Kier alpha value is -2.82. The maximum absolute atomic E-state index is 13.4. The highest BCUT2D eigenvalue weighted by molar-refractivity contribution is 7.99. The fourth-order valence-electron chi connectivity index (χ4n) is 3.07. The third kappa shape index (κ3) is 4.06. The van der Waals surface area contributed by atoms with E-state index in [-0.39, 0.29) is 5.16 Å². The minimum atomic E-state index is -1.29. The molecule has 0 aliphatic rings. The quantitative estimate of drug-likeness (QED) is 0.251. The number of carboxylic acids is 1. The Bertz CT molecular complexity index is 1440. The SMILES string of the molecule is Cc1ccc(-n2c(=S)sc3c(=O)n(-c4ccc(F)cc4)c(SCC(=O)[O-])nc32)cc1C. The molecule has 0 saturated heterocycles. The van der Waals surface area contributed by atoms with Gasteiger partial charge in [-0.3, -0.25) is 13.9 Å². The number of carbonyl (C=O) groups excluding carboxylic acids is 1. The summed E-state index contributed by atoms with van der Waals surface area (Å²) in [6.45, 7) is 3.98. The lowest BCUT2D eigenvalue weighted by Gasteiger charge is -2.13. The van der Waals surface area contributed by atoms with E-state index in [0.717, 1.165) is 39.9 Å². The number of thioether (sulfide) groups is 1. The molecule has 6 nitrogen and oxygen atoms in total. The van der Waals surface area contributed by atoms with E-state index in [2.05, 4.69) is 4.98 Å². The van der Waals surface area contributed by atoms with E-state index < -0.39 is 23.1 Å². The van der Waals surface area contributed by atoms with Crippen molar-refractivity contribution in [2.45, 2.75) is 19.0 Å². The molecular formula is C21H15FN3O3S3-. The first kappa shape index (κ1) is 21.4. The van der Waals surface area contributed by atoms with Crippen molar-refractivity contribution in [1.29, 1.82) is 0 Å². The average molecular weight is 473 g/mol. The molecule has 0 atom stereocenters. The van der Waals surface area contributed by atoms with Crippen LogP contribution in [-0.4, -0.2) is 25.8 Å². The number of nitrogens with zero attached hydrogens (tertiary/aromatic N) is 3. The molecule has 31 heavy (non-hydrogen) atoms. The number of fused-ring (bicyclic) bond motifs is 1. The topological polar surface area (TPSA) is 80.0 Å². The van der Waals surface area contributed by atoms with Crippen molar-refractivity contribution in [3.63, 3.8) is 0 Å². The Labute approximate surface area is 189 Å². The van der Waals surface area contributed by atoms with Gasteiger partial charge >= 0.3 is 0 Å². The molecule has 2 heterocycles. The van der Waals surface area contributed by atoms with Crippen LogP contribution in [0, 0.1) is 23.6 Å². The highest BCUT2D eigenvalue weighted by Gasteiger charge is 2.19. The molecule has 0 N–H and O–H groups in total. The summed E-state index contributed by atoms with van der Waals surface area (Å²) in [6.07, 6.45) is 0. The summed E-state index contributed by atoms with van der Waals surface area (Å²) < 4.78 is 17.1. The van der Waals surface area contributed by atoms with Gasteiger partial charge in [0.1, 0.15) is 10.5 Å². The molecule has 0 aliphatic heterocycles. The second kappa shape index (κ2) is 8.37. The van der Waals surface area contributed by atoms with Crippen molar-refractivity contribution in [2.75, 3.05) is 5.75 Å². The van der Waals surface area contributed by atoms with Gasteiger partial charge in [0.05, 0.1) is 11.7 Å². The molecule has 0 saturated carbocycles. The Kier molecular flexibility index (Phi) is 5.78. The van der Waals surface area contributed by atoms with Crippen LogP contribution >= 0.6 is 35.3 Å². The van der Waals surface area contributed by atoms with E-state index in [1.807, 2.05) is 32.0 Å². The van der Waals surface area contributed by atoms with Gasteiger partial charge in [-0.2, -0.15) is 0 Å². The molecule has 0 spiro atoms. The second-order valence-electron chi connectivity index (χ2n) is 6.80. The van der Waals surface area contributed by atoms with Crippen molar-refractivity contribution in [3.05, 3.63) is 73.7 Å². The minimum Gasteiger partial charge on any atom is -0.549 e. The largest absolute Gasteiger partial charge is 0.549 e. The molecule has 0 unspecified atom stereocenters. The van der Waals surface area contributed by atoms with E-state index in [0.29, 0.717) is 20.0 Å². The maximum Gasteiger partial charge on any atom is 0.278 e. The number of halogens is 1. The van der Waals surface area contributed by atoms with Crippen molar-refractivity contribution in [3.8, 4) is 11.4 Å². The number of carboxylic acid groups (broad SMARTS) is 1. The Balaban J connectivity index is 2.02. The van der Waals surface area contributed by atoms with Crippen LogP contribution in [0.5, 0.6) is 0 Å². The summed E-state index contributed by atoms with van der Waals surface area (Å²) in [5.41, 5.74) is 3.26. The molecule has 10 heteroatoms. The van der Waals surface area contributed by atoms with Gasteiger partial charge < -0.3 is 9.90 Å². The van der Waals surface area contributed by atoms with E-state index >= 15 is 0 Å². The zero-order valence-electron chi connectivity index (χ0n) is 16.4. The molecule has 4 aromatic rings. The van der Waals surface area contributed by atoms with Gasteiger partial charge in [0.25, 0.3) is 5.56 Å². The third-order valence-corrected chi connectivity index (χ3v) is 6.99. The van der Waals surface area contributed by atoms with Crippen LogP contribution in [0.4, 0.5) is 4.39 Å². The molecule has 2 aromatic carbocycles. The molecule has 2 aromatic heterocycles. The van der Waals surface area contributed by atoms with Gasteiger partial charge in [0.2, 0.25) is 0 Å². The van der Waals surface area contributed by atoms with Gasteiger partial charge in [-0.05, 0) is 73.6 Å². The van der Waals surface area contributed by atoms with Gasteiger partial charge in [0.15, 0.2) is 14.8 Å². The summed E-state index contributed by atoms with van der Waals surface area (Å²) in [5, 5.41) is 11.2. The molecule has 0 radical (unpaired) electrons. The molecule has 0 amide bonds. The van der Waals surface area contributed by atoms with Crippen LogP contribution in [-0.2, 0) is 4.79 Å². The van der Waals surface area contributed by atoms with Gasteiger partial charge in [0, 0.05) is 11.4 Å². The maximum atomic E-state index is 13.4. The first-order chi connectivity index (χ1) is 14.8. The van der Waals surface area contributed by atoms with Crippen molar-refractivity contribution < 1.29 is 14.3 Å². The number of benzene rings is 2. The third-order valence-electron chi connectivity index (χ3n) is 4.73. The Morgan fingerprint density at radius 1 is 1.13 bits per heavy atom. The first-order valence-corrected chi connectivity index (χ1v) is 11.3. The monoisotopic (exact) mass is 472 g/mol. The zero-order chi connectivity index (χ0) is 22.3. The van der Waals surface area contributed by atoms with Gasteiger partial charge in [-0.1, -0.05) is 29.2 Å². The summed E-state index contributed by atoms with van der Waals surface area (Å²) >= 11 is 7.51. The Morgan fingerprint density at radius 3 is 2.45 bits per heavy atom. The lowest BCUT2D eigenvalue weighted by molar-refractivity contribution is -0.301. The summed E-state index contributed by atoms with van der Waals surface area (Å²) in [4.78, 5) is 29.1. The second-order valence-corrected chi connectivity index (χ2v) is 9.38. The number of hydrogen-bond donors (Lipinski definition) is 0.